The van der Waals surface area contributed by atoms with Gasteiger partial charge in [0, 0.05) is 13.1 Å². The summed E-state index contributed by atoms with van der Waals surface area (Å²) < 4.78 is 0. The van der Waals surface area contributed by atoms with E-state index in [1.54, 1.807) is 0 Å². The smallest absolute Gasteiger partial charge is 0.0577 e. The fourth-order valence-electron chi connectivity index (χ4n) is 6.21. The molecule has 0 saturated carbocycles. The summed E-state index contributed by atoms with van der Waals surface area (Å²) in [5.41, 5.74) is 6.94. The Labute approximate surface area is 208 Å². The van der Waals surface area contributed by atoms with E-state index in [0.29, 0.717) is 11.6 Å². The molecule has 3 heteroatoms. The van der Waals surface area contributed by atoms with Crippen LogP contribution in [-0.2, 0) is 0 Å². The van der Waals surface area contributed by atoms with Crippen LogP contribution in [0.4, 0.5) is 0 Å². The molecule has 3 rings (SSSR count). The summed E-state index contributed by atoms with van der Waals surface area (Å²) in [4.78, 5) is 2.50. The van der Waals surface area contributed by atoms with Crippen molar-refractivity contribution in [2.75, 3.05) is 13.1 Å². The maximum absolute atomic E-state index is 6.31. The first kappa shape index (κ1) is 30.2. The number of nitrogens with zero attached hydrogens (tertiary/aromatic N) is 1. The van der Waals surface area contributed by atoms with Gasteiger partial charge in [0.15, 0.2) is 0 Å². The minimum atomic E-state index is 0. The third kappa shape index (κ3) is 13.2. The number of hydrogen-bond donors (Lipinski definition) is 1. The monoisotopic (exact) mass is 470 g/mol. The first-order valence-corrected chi connectivity index (χ1v) is 14.8. The minimum Gasteiger partial charge on any atom is -0.316 e. The predicted octanol–water partition coefficient (Wildman–Crippen LogP) is 9.39. The van der Waals surface area contributed by atoms with Crippen LogP contribution in [-0.4, -0.2) is 24.2 Å². The standard InChI is InChI=1S/C29H58N2.ClH/c1-2-3-4-5-6-7-8-9-10-11-12-13-14-15-16-17-18-19-20-21-22-29-23-25-31(26-24-29)28(30)27-29;/h28H,2-27,30H2,1H3;1H. The van der Waals surface area contributed by atoms with Crippen LogP contribution in [0.5, 0.6) is 0 Å². The summed E-state index contributed by atoms with van der Waals surface area (Å²) in [5, 5.41) is 0. The lowest BCUT2D eigenvalue weighted by Gasteiger charge is -2.52. The van der Waals surface area contributed by atoms with Crippen molar-refractivity contribution < 1.29 is 0 Å². The molecule has 0 spiro atoms. The van der Waals surface area contributed by atoms with E-state index in [1.807, 2.05) is 0 Å². The molecule has 2 N–H and O–H groups in total. The Morgan fingerprint density at radius 2 is 0.938 bits per heavy atom. The van der Waals surface area contributed by atoms with Crippen LogP contribution in [0.25, 0.3) is 0 Å². The Hall–Kier alpha value is 0.210. The minimum absolute atomic E-state index is 0. The Morgan fingerprint density at radius 3 is 1.28 bits per heavy atom. The Morgan fingerprint density at radius 1 is 0.594 bits per heavy atom. The highest BCUT2D eigenvalue weighted by Gasteiger charge is 2.42. The van der Waals surface area contributed by atoms with Gasteiger partial charge in [0.1, 0.15) is 0 Å². The topological polar surface area (TPSA) is 29.3 Å². The van der Waals surface area contributed by atoms with Crippen molar-refractivity contribution in [3.63, 3.8) is 0 Å². The fraction of sp³-hybridized carbons (Fsp3) is 1.00. The highest BCUT2D eigenvalue weighted by atomic mass is 35.5. The summed E-state index contributed by atoms with van der Waals surface area (Å²) in [7, 11) is 0. The number of rotatable bonds is 21. The van der Waals surface area contributed by atoms with Gasteiger partial charge in [0.25, 0.3) is 0 Å². The first-order valence-electron chi connectivity index (χ1n) is 14.8. The molecule has 0 aliphatic carbocycles. The molecular weight excluding hydrogens is 412 g/mol. The summed E-state index contributed by atoms with van der Waals surface area (Å²) in [6, 6.07) is 0. The van der Waals surface area contributed by atoms with E-state index in [9.17, 15) is 0 Å². The largest absolute Gasteiger partial charge is 0.316 e. The van der Waals surface area contributed by atoms with E-state index in [1.165, 1.54) is 167 Å². The highest BCUT2D eigenvalue weighted by molar-refractivity contribution is 5.85. The lowest BCUT2D eigenvalue weighted by molar-refractivity contribution is -0.0245. The van der Waals surface area contributed by atoms with Crippen LogP contribution < -0.4 is 5.73 Å². The van der Waals surface area contributed by atoms with Gasteiger partial charge in [-0.1, -0.05) is 135 Å². The molecule has 192 valence electrons. The molecule has 3 heterocycles. The van der Waals surface area contributed by atoms with Crippen molar-refractivity contribution in [2.24, 2.45) is 11.1 Å². The third-order valence-electron chi connectivity index (χ3n) is 8.53. The predicted molar refractivity (Wildman–Crippen MR) is 146 cm³/mol. The van der Waals surface area contributed by atoms with Crippen molar-refractivity contribution in [3.05, 3.63) is 0 Å². The summed E-state index contributed by atoms with van der Waals surface area (Å²) in [6.45, 7) is 4.83. The van der Waals surface area contributed by atoms with Crippen LogP contribution in [0, 0.1) is 5.41 Å². The summed E-state index contributed by atoms with van der Waals surface area (Å²) in [5.74, 6) is 0. The molecule has 3 aliphatic heterocycles. The van der Waals surface area contributed by atoms with Crippen molar-refractivity contribution in [1.82, 2.24) is 4.90 Å². The van der Waals surface area contributed by atoms with E-state index in [4.69, 9.17) is 5.73 Å². The summed E-state index contributed by atoms with van der Waals surface area (Å²) >= 11 is 0. The van der Waals surface area contributed by atoms with Gasteiger partial charge < -0.3 is 5.73 Å². The quantitative estimate of drug-likeness (QED) is 0.169. The molecule has 1 atom stereocenters. The Kier molecular flexibility index (Phi) is 18.4. The second-order valence-corrected chi connectivity index (χ2v) is 11.3. The molecule has 0 aromatic heterocycles. The average molecular weight is 471 g/mol. The normalized spacial score (nSPS) is 24.6. The van der Waals surface area contributed by atoms with E-state index in [0.717, 1.165) is 0 Å². The second-order valence-electron chi connectivity index (χ2n) is 11.3. The van der Waals surface area contributed by atoms with Gasteiger partial charge >= 0.3 is 0 Å². The molecule has 3 saturated heterocycles. The number of fused-ring (bicyclic) bond motifs is 3. The van der Waals surface area contributed by atoms with Crippen LogP contribution in [0.2, 0.25) is 0 Å². The van der Waals surface area contributed by atoms with E-state index < -0.39 is 0 Å². The van der Waals surface area contributed by atoms with Gasteiger partial charge in [0.05, 0.1) is 6.17 Å². The molecule has 2 bridgehead atoms. The van der Waals surface area contributed by atoms with Gasteiger partial charge in [0.2, 0.25) is 0 Å². The molecule has 0 radical (unpaired) electrons. The molecule has 3 fully saturated rings. The maximum Gasteiger partial charge on any atom is 0.0577 e. The zero-order chi connectivity index (χ0) is 22.0. The average Bonchev–Trinajstić information content (AvgIpc) is 2.78. The molecule has 1 unspecified atom stereocenters. The van der Waals surface area contributed by atoms with Crippen molar-refractivity contribution >= 4 is 12.4 Å². The Bertz CT molecular complexity index is 406. The highest BCUT2D eigenvalue weighted by Crippen LogP contribution is 2.45. The molecule has 0 aromatic rings. The lowest BCUT2D eigenvalue weighted by atomic mass is 9.68. The number of piperidine rings is 3. The molecule has 0 amide bonds. The Balaban J connectivity index is 0.00000512. The second kappa shape index (κ2) is 19.5. The fourth-order valence-corrected chi connectivity index (χ4v) is 6.21. The number of nitrogens with two attached hydrogens (primary N) is 1. The third-order valence-corrected chi connectivity index (χ3v) is 8.53. The number of unbranched alkanes of at least 4 members (excludes halogenated alkanes) is 19. The van der Waals surface area contributed by atoms with Gasteiger partial charge in [-0.3, -0.25) is 4.90 Å². The first-order chi connectivity index (χ1) is 15.3. The van der Waals surface area contributed by atoms with E-state index in [2.05, 4.69) is 11.8 Å². The number of hydrogen-bond acceptors (Lipinski definition) is 2. The number of halogens is 1. The van der Waals surface area contributed by atoms with Crippen molar-refractivity contribution in [1.29, 1.82) is 0 Å². The van der Waals surface area contributed by atoms with Gasteiger partial charge in [-0.2, -0.15) is 0 Å². The maximum atomic E-state index is 6.31. The molecule has 3 aliphatic rings. The molecule has 0 aromatic carbocycles. The zero-order valence-electron chi connectivity index (χ0n) is 21.9. The van der Waals surface area contributed by atoms with E-state index in [-0.39, 0.29) is 12.4 Å². The van der Waals surface area contributed by atoms with Crippen molar-refractivity contribution in [3.8, 4) is 0 Å². The SMILES string of the molecule is CCCCCCCCCCCCCCCCCCCCCCC12CCN(CC1)C(N)C2.Cl. The van der Waals surface area contributed by atoms with Gasteiger partial charge in [-0.25, -0.2) is 0 Å². The lowest BCUT2D eigenvalue weighted by Crippen LogP contribution is -2.57. The van der Waals surface area contributed by atoms with Crippen LogP contribution in [0.1, 0.15) is 161 Å². The van der Waals surface area contributed by atoms with Crippen LogP contribution >= 0.6 is 12.4 Å². The summed E-state index contributed by atoms with van der Waals surface area (Å²) in [6.07, 6.45) is 35.3. The van der Waals surface area contributed by atoms with Crippen LogP contribution in [0.15, 0.2) is 0 Å². The van der Waals surface area contributed by atoms with Crippen LogP contribution in [0.3, 0.4) is 0 Å². The van der Waals surface area contributed by atoms with Gasteiger partial charge in [-0.05, 0) is 31.1 Å². The van der Waals surface area contributed by atoms with Crippen molar-refractivity contribution in [2.45, 2.75) is 167 Å². The molecule has 32 heavy (non-hydrogen) atoms. The zero-order valence-corrected chi connectivity index (χ0v) is 22.7. The van der Waals surface area contributed by atoms with E-state index >= 15 is 0 Å². The van der Waals surface area contributed by atoms with Gasteiger partial charge in [-0.15, -0.1) is 12.4 Å². The molecular formula is C29H59ClN2. The molecule has 2 nitrogen and oxygen atoms in total.